The Labute approximate surface area is 150 Å². The molecule has 2 fully saturated rings. The topological polar surface area (TPSA) is 70.5 Å². The van der Waals surface area contributed by atoms with Gasteiger partial charge in [0.15, 0.2) is 0 Å². The lowest BCUT2D eigenvalue weighted by molar-refractivity contribution is -0.142. The summed E-state index contributed by atoms with van der Waals surface area (Å²) in [5.74, 6) is -0.731. The Morgan fingerprint density at radius 3 is 2.84 bits per heavy atom. The number of rotatable bonds is 3. The summed E-state index contributed by atoms with van der Waals surface area (Å²) in [6.07, 6.45) is 2.98. The standard InChI is InChI=1S/C19H20N2O3S/c1-11-5-2-3-7-13(11)17-20-15(10-25-17)18(22)21-9-12-6-4-8-14(12)16(21)19(23)24/h2-3,5,7,10,12,14,16H,4,6,8-9H2,1H3,(H,23,24). The third kappa shape index (κ3) is 2.74. The molecule has 1 saturated heterocycles. The van der Waals surface area contributed by atoms with Crippen molar-refractivity contribution in [1.82, 2.24) is 9.88 Å². The van der Waals surface area contributed by atoms with Gasteiger partial charge >= 0.3 is 5.97 Å². The van der Waals surface area contributed by atoms with E-state index in [4.69, 9.17) is 0 Å². The molecule has 2 heterocycles. The van der Waals surface area contributed by atoms with Crippen molar-refractivity contribution in [3.8, 4) is 10.6 Å². The zero-order chi connectivity index (χ0) is 17.6. The van der Waals surface area contributed by atoms with Gasteiger partial charge in [0.05, 0.1) is 0 Å². The van der Waals surface area contributed by atoms with E-state index in [2.05, 4.69) is 4.98 Å². The van der Waals surface area contributed by atoms with Gasteiger partial charge in [0.25, 0.3) is 5.91 Å². The van der Waals surface area contributed by atoms with Gasteiger partial charge in [-0.25, -0.2) is 9.78 Å². The van der Waals surface area contributed by atoms with Crippen LogP contribution in [0.5, 0.6) is 0 Å². The number of carbonyl (C=O) groups is 2. The Bertz CT molecular complexity index is 832. The molecule has 2 aromatic rings. The Balaban J connectivity index is 1.61. The molecule has 1 saturated carbocycles. The quantitative estimate of drug-likeness (QED) is 0.914. The Morgan fingerprint density at radius 2 is 2.08 bits per heavy atom. The second kappa shape index (κ2) is 6.26. The summed E-state index contributed by atoms with van der Waals surface area (Å²) in [7, 11) is 0. The molecular weight excluding hydrogens is 336 g/mol. The van der Waals surface area contributed by atoms with Crippen molar-refractivity contribution >= 4 is 23.2 Å². The van der Waals surface area contributed by atoms with Gasteiger partial charge in [-0.15, -0.1) is 11.3 Å². The van der Waals surface area contributed by atoms with E-state index in [0.717, 1.165) is 35.4 Å². The van der Waals surface area contributed by atoms with Crippen molar-refractivity contribution in [2.24, 2.45) is 11.8 Å². The third-order valence-electron chi connectivity index (χ3n) is 5.50. The first-order valence-electron chi connectivity index (χ1n) is 8.61. The van der Waals surface area contributed by atoms with Gasteiger partial charge in [-0.05, 0) is 37.2 Å². The summed E-state index contributed by atoms with van der Waals surface area (Å²) in [5.41, 5.74) is 2.48. The highest BCUT2D eigenvalue weighted by atomic mass is 32.1. The highest BCUT2D eigenvalue weighted by Crippen LogP contribution is 2.43. The molecule has 1 aliphatic heterocycles. The maximum atomic E-state index is 12.9. The van der Waals surface area contributed by atoms with Crippen molar-refractivity contribution in [3.63, 3.8) is 0 Å². The number of thiazole rings is 1. The van der Waals surface area contributed by atoms with E-state index < -0.39 is 12.0 Å². The predicted molar refractivity (Wildman–Crippen MR) is 95.6 cm³/mol. The lowest BCUT2D eigenvalue weighted by Crippen LogP contribution is -2.43. The first-order chi connectivity index (χ1) is 12.1. The smallest absolute Gasteiger partial charge is 0.326 e. The minimum absolute atomic E-state index is 0.0934. The average Bonchev–Trinajstić information content (AvgIpc) is 3.29. The number of nitrogens with zero attached hydrogens (tertiary/aromatic N) is 2. The average molecular weight is 356 g/mol. The summed E-state index contributed by atoms with van der Waals surface area (Å²) in [6.45, 7) is 2.55. The number of hydrogen-bond donors (Lipinski definition) is 1. The second-order valence-electron chi connectivity index (χ2n) is 6.95. The minimum Gasteiger partial charge on any atom is -0.480 e. The fourth-order valence-corrected chi connectivity index (χ4v) is 5.17. The Kier molecular flexibility index (Phi) is 4.07. The zero-order valence-corrected chi connectivity index (χ0v) is 14.8. The van der Waals surface area contributed by atoms with Gasteiger partial charge in [-0.3, -0.25) is 4.79 Å². The number of aromatic nitrogens is 1. The van der Waals surface area contributed by atoms with Crippen LogP contribution in [0.2, 0.25) is 0 Å². The van der Waals surface area contributed by atoms with Gasteiger partial charge in [-0.2, -0.15) is 0 Å². The van der Waals surface area contributed by atoms with Crippen LogP contribution in [0.25, 0.3) is 10.6 Å². The number of hydrogen-bond acceptors (Lipinski definition) is 4. The number of carboxylic acids is 1. The van der Waals surface area contributed by atoms with Gasteiger partial charge in [0, 0.05) is 17.5 Å². The molecule has 3 unspecified atom stereocenters. The number of carboxylic acid groups (broad SMARTS) is 1. The molecule has 1 aromatic carbocycles. The molecule has 0 radical (unpaired) electrons. The molecule has 0 spiro atoms. The second-order valence-corrected chi connectivity index (χ2v) is 7.81. The number of likely N-dealkylation sites (tertiary alicyclic amines) is 1. The molecule has 6 heteroatoms. The van der Waals surface area contributed by atoms with Crippen LogP contribution in [-0.4, -0.2) is 39.5 Å². The molecule has 1 aromatic heterocycles. The van der Waals surface area contributed by atoms with E-state index in [9.17, 15) is 14.7 Å². The summed E-state index contributed by atoms with van der Waals surface area (Å²) >= 11 is 1.43. The minimum atomic E-state index is -0.892. The third-order valence-corrected chi connectivity index (χ3v) is 6.38. The molecular formula is C19H20N2O3S. The van der Waals surface area contributed by atoms with Crippen molar-refractivity contribution in [3.05, 3.63) is 40.9 Å². The predicted octanol–water partition coefficient (Wildman–Crippen LogP) is 3.44. The number of amides is 1. The summed E-state index contributed by atoms with van der Waals surface area (Å²) in [5, 5.41) is 12.2. The molecule has 0 bridgehead atoms. The van der Waals surface area contributed by atoms with E-state index in [1.807, 2.05) is 31.2 Å². The Hall–Kier alpha value is -2.21. The van der Waals surface area contributed by atoms with Crippen molar-refractivity contribution in [1.29, 1.82) is 0 Å². The summed E-state index contributed by atoms with van der Waals surface area (Å²) in [6, 6.07) is 7.22. The number of fused-ring (bicyclic) bond motifs is 1. The maximum Gasteiger partial charge on any atom is 0.326 e. The molecule has 25 heavy (non-hydrogen) atoms. The van der Waals surface area contributed by atoms with Crippen molar-refractivity contribution < 1.29 is 14.7 Å². The number of carbonyl (C=O) groups excluding carboxylic acids is 1. The number of aryl methyl sites for hydroxylation is 1. The molecule has 3 atom stereocenters. The summed E-state index contributed by atoms with van der Waals surface area (Å²) < 4.78 is 0. The normalized spacial score (nSPS) is 25.2. The fraction of sp³-hybridized carbons (Fsp3) is 0.421. The lowest BCUT2D eigenvalue weighted by Gasteiger charge is -2.23. The van der Waals surface area contributed by atoms with Crippen LogP contribution >= 0.6 is 11.3 Å². The Morgan fingerprint density at radius 1 is 1.28 bits per heavy atom. The van der Waals surface area contributed by atoms with E-state index in [-0.39, 0.29) is 11.8 Å². The van der Waals surface area contributed by atoms with Gasteiger partial charge < -0.3 is 10.0 Å². The number of benzene rings is 1. The first-order valence-corrected chi connectivity index (χ1v) is 9.49. The van der Waals surface area contributed by atoms with Crippen molar-refractivity contribution in [2.75, 3.05) is 6.54 Å². The van der Waals surface area contributed by atoms with Gasteiger partial charge in [0.1, 0.15) is 16.7 Å². The van der Waals surface area contributed by atoms with Crippen LogP contribution in [0.1, 0.15) is 35.3 Å². The van der Waals surface area contributed by atoms with Crippen LogP contribution in [0, 0.1) is 18.8 Å². The van der Waals surface area contributed by atoms with E-state index in [1.165, 1.54) is 16.2 Å². The van der Waals surface area contributed by atoms with Gasteiger partial charge in [0.2, 0.25) is 0 Å². The van der Waals surface area contributed by atoms with E-state index in [0.29, 0.717) is 18.2 Å². The molecule has 1 amide bonds. The molecule has 4 rings (SSSR count). The largest absolute Gasteiger partial charge is 0.480 e. The highest BCUT2D eigenvalue weighted by molar-refractivity contribution is 7.13. The van der Waals surface area contributed by atoms with Gasteiger partial charge in [-0.1, -0.05) is 30.7 Å². The van der Waals surface area contributed by atoms with Crippen LogP contribution in [0.4, 0.5) is 0 Å². The van der Waals surface area contributed by atoms with Crippen LogP contribution in [0.15, 0.2) is 29.6 Å². The number of aliphatic carboxylic acids is 1. The highest BCUT2D eigenvalue weighted by Gasteiger charge is 2.49. The zero-order valence-electron chi connectivity index (χ0n) is 14.0. The van der Waals surface area contributed by atoms with Crippen LogP contribution < -0.4 is 0 Å². The fourth-order valence-electron chi connectivity index (χ4n) is 4.29. The molecule has 2 aliphatic rings. The van der Waals surface area contributed by atoms with E-state index in [1.54, 1.807) is 5.38 Å². The molecule has 130 valence electrons. The first kappa shape index (κ1) is 16.3. The van der Waals surface area contributed by atoms with Crippen LogP contribution in [0.3, 0.4) is 0 Å². The monoisotopic (exact) mass is 356 g/mol. The lowest BCUT2D eigenvalue weighted by atomic mass is 9.94. The van der Waals surface area contributed by atoms with Crippen LogP contribution in [-0.2, 0) is 4.79 Å². The van der Waals surface area contributed by atoms with Crippen molar-refractivity contribution in [2.45, 2.75) is 32.2 Å². The maximum absolute atomic E-state index is 12.9. The SMILES string of the molecule is Cc1ccccc1-c1nc(C(=O)N2CC3CCCC3C2C(=O)O)cs1. The summed E-state index contributed by atoms with van der Waals surface area (Å²) in [4.78, 5) is 30.7. The molecule has 1 aliphatic carbocycles. The molecule has 5 nitrogen and oxygen atoms in total. The van der Waals surface area contributed by atoms with E-state index >= 15 is 0 Å². The molecule has 1 N–H and O–H groups in total.